The van der Waals surface area contributed by atoms with Crippen LogP contribution in [0.1, 0.15) is 22.3 Å². The van der Waals surface area contributed by atoms with Crippen LogP contribution in [0.3, 0.4) is 0 Å². The van der Waals surface area contributed by atoms with E-state index < -0.39 is 0 Å². The molecule has 0 N–H and O–H groups in total. The third-order valence-corrected chi connectivity index (χ3v) is 6.16. The molecule has 5 aromatic rings. The van der Waals surface area contributed by atoms with Crippen molar-refractivity contribution < 1.29 is 4.57 Å². The largest absolute Gasteiger partial charge is 0.221 e. The first-order chi connectivity index (χ1) is 12.0. The second-order valence-corrected chi connectivity index (χ2v) is 7.53. The lowest BCUT2D eigenvalue weighted by molar-refractivity contribution is -0.643. The third kappa shape index (κ3) is 1.71. The fourth-order valence-corrected chi connectivity index (χ4v) is 4.57. The highest BCUT2D eigenvalue weighted by molar-refractivity contribution is 6.32. The summed E-state index contributed by atoms with van der Waals surface area (Å²) in [5.41, 5.74) is 6.88. The molecule has 122 valence electrons. The molecule has 0 aliphatic heterocycles. The highest BCUT2D eigenvalue weighted by atomic mass is 14.9. The van der Waals surface area contributed by atoms with E-state index in [0.29, 0.717) is 0 Å². The summed E-state index contributed by atoms with van der Waals surface area (Å²) >= 11 is 0. The van der Waals surface area contributed by atoms with Crippen molar-refractivity contribution in [2.45, 2.75) is 27.7 Å². The first-order valence-corrected chi connectivity index (χ1v) is 8.95. The topological polar surface area (TPSA) is 3.88 Å². The van der Waals surface area contributed by atoms with Gasteiger partial charge in [0.15, 0.2) is 6.20 Å². The Hall–Kier alpha value is -2.67. The molecular formula is C24H22N+. The molecule has 5 rings (SSSR count). The molecule has 0 saturated carbocycles. The van der Waals surface area contributed by atoms with E-state index in [1.807, 2.05) is 0 Å². The number of hydrogen-bond donors (Lipinski definition) is 0. The SMILES string of the molecule is Cc1cc2c3cccc4cc(C)c(C)c(c43)c3c2c(cc[n+]3C)c1C. The van der Waals surface area contributed by atoms with E-state index in [0.717, 1.165) is 0 Å². The van der Waals surface area contributed by atoms with Crippen molar-refractivity contribution in [3.05, 3.63) is 64.8 Å². The summed E-state index contributed by atoms with van der Waals surface area (Å²) in [6.07, 6.45) is 2.22. The van der Waals surface area contributed by atoms with Crippen LogP contribution in [-0.4, -0.2) is 0 Å². The van der Waals surface area contributed by atoms with Crippen molar-refractivity contribution in [3.8, 4) is 0 Å². The zero-order chi connectivity index (χ0) is 17.5. The van der Waals surface area contributed by atoms with Gasteiger partial charge in [0.2, 0.25) is 5.52 Å². The number of fused-ring (bicyclic) bond motifs is 2. The fourth-order valence-electron chi connectivity index (χ4n) is 4.57. The van der Waals surface area contributed by atoms with Crippen molar-refractivity contribution in [2.75, 3.05) is 0 Å². The Labute approximate surface area is 147 Å². The Balaban J connectivity index is 2.32. The maximum absolute atomic E-state index is 2.38. The van der Waals surface area contributed by atoms with Gasteiger partial charge in [-0.2, -0.15) is 0 Å². The molecule has 0 unspecified atom stereocenters. The van der Waals surface area contributed by atoms with Gasteiger partial charge in [0, 0.05) is 11.5 Å². The molecule has 0 atom stereocenters. The fraction of sp³-hybridized carbons (Fsp3) is 0.208. The standard InChI is InChI=1S/C24H22N/c1-13-11-17-7-6-8-19-20-12-14(2)15(3)18-9-10-25(5)24(23(18)20)21(16(13)4)22(17)19/h6-12H,1-5H3/q+1. The van der Waals surface area contributed by atoms with Gasteiger partial charge in [-0.25, -0.2) is 4.57 Å². The lowest BCUT2D eigenvalue weighted by Crippen LogP contribution is -2.28. The summed E-state index contributed by atoms with van der Waals surface area (Å²) in [6, 6.07) is 13.7. The Bertz CT molecular complexity index is 1330. The van der Waals surface area contributed by atoms with E-state index in [1.165, 1.54) is 65.5 Å². The quantitative estimate of drug-likeness (QED) is 0.193. The average molecular weight is 324 g/mol. The van der Waals surface area contributed by atoms with E-state index in [1.54, 1.807) is 0 Å². The first-order valence-electron chi connectivity index (χ1n) is 8.95. The summed E-state index contributed by atoms with van der Waals surface area (Å²) in [6.45, 7) is 8.98. The Kier molecular flexibility index (Phi) is 2.75. The first kappa shape index (κ1) is 14.7. The maximum atomic E-state index is 2.38. The molecule has 1 heterocycles. The summed E-state index contributed by atoms with van der Waals surface area (Å²) in [4.78, 5) is 0. The molecule has 1 heteroatoms. The molecule has 0 bridgehead atoms. The monoisotopic (exact) mass is 324 g/mol. The van der Waals surface area contributed by atoms with Crippen molar-refractivity contribution in [2.24, 2.45) is 7.05 Å². The summed E-state index contributed by atoms with van der Waals surface area (Å²) in [5.74, 6) is 0. The smallest absolute Gasteiger partial charge is 0.200 e. The predicted molar refractivity (Wildman–Crippen MR) is 108 cm³/mol. The molecule has 25 heavy (non-hydrogen) atoms. The van der Waals surface area contributed by atoms with Crippen LogP contribution in [0.2, 0.25) is 0 Å². The van der Waals surface area contributed by atoms with Crippen molar-refractivity contribution >= 4 is 43.2 Å². The van der Waals surface area contributed by atoms with Crippen LogP contribution >= 0.6 is 0 Å². The minimum atomic E-state index is 1.34. The highest BCUT2D eigenvalue weighted by Gasteiger charge is 2.22. The average Bonchev–Trinajstić information content (AvgIpc) is 2.59. The van der Waals surface area contributed by atoms with Crippen LogP contribution in [0.25, 0.3) is 43.2 Å². The van der Waals surface area contributed by atoms with E-state index in [2.05, 4.69) is 81.9 Å². The molecule has 0 aliphatic carbocycles. The van der Waals surface area contributed by atoms with Gasteiger partial charge in [-0.3, -0.25) is 0 Å². The van der Waals surface area contributed by atoms with Gasteiger partial charge in [-0.1, -0.05) is 30.3 Å². The van der Waals surface area contributed by atoms with Gasteiger partial charge < -0.3 is 0 Å². The maximum Gasteiger partial charge on any atom is 0.221 e. The van der Waals surface area contributed by atoms with E-state index >= 15 is 0 Å². The summed E-state index contributed by atoms with van der Waals surface area (Å²) < 4.78 is 2.30. The molecule has 0 spiro atoms. The molecule has 4 aromatic carbocycles. The predicted octanol–water partition coefficient (Wildman–Crippen LogP) is 5.80. The zero-order valence-corrected chi connectivity index (χ0v) is 15.5. The summed E-state index contributed by atoms with van der Waals surface area (Å²) in [7, 11) is 2.18. The van der Waals surface area contributed by atoms with Gasteiger partial charge in [-0.05, 0) is 71.5 Å². The van der Waals surface area contributed by atoms with Gasteiger partial charge in [0.1, 0.15) is 7.05 Å². The van der Waals surface area contributed by atoms with Crippen molar-refractivity contribution in [1.82, 2.24) is 0 Å². The molecular weight excluding hydrogens is 302 g/mol. The third-order valence-electron chi connectivity index (χ3n) is 6.16. The van der Waals surface area contributed by atoms with E-state index in [-0.39, 0.29) is 0 Å². The summed E-state index contributed by atoms with van der Waals surface area (Å²) in [5, 5.41) is 9.71. The van der Waals surface area contributed by atoms with Gasteiger partial charge in [-0.15, -0.1) is 0 Å². The molecule has 0 fully saturated rings. The molecule has 0 saturated heterocycles. The van der Waals surface area contributed by atoms with Gasteiger partial charge in [0.25, 0.3) is 0 Å². The number of nitrogens with zero attached hydrogens (tertiary/aromatic N) is 1. The molecule has 1 nitrogen and oxygen atoms in total. The minimum absolute atomic E-state index is 1.34. The Morgan fingerprint density at radius 2 is 1.44 bits per heavy atom. The molecule has 0 radical (unpaired) electrons. The van der Waals surface area contributed by atoms with Crippen LogP contribution in [0.15, 0.2) is 42.6 Å². The van der Waals surface area contributed by atoms with Crippen LogP contribution in [0.4, 0.5) is 0 Å². The number of rotatable bonds is 0. The molecule has 1 aromatic heterocycles. The Morgan fingerprint density at radius 1 is 0.680 bits per heavy atom. The van der Waals surface area contributed by atoms with Crippen molar-refractivity contribution in [3.63, 3.8) is 0 Å². The lowest BCUT2D eigenvalue weighted by atomic mass is 9.86. The number of benzene rings is 4. The van der Waals surface area contributed by atoms with Gasteiger partial charge in [0.05, 0.1) is 10.8 Å². The number of pyridine rings is 1. The normalized spacial score (nSPS) is 12.2. The second-order valence-electron chi connectivity index (χ2n) is 7.53. The van der Waals surface area contributed by atoms with Crippen LogP contribution in [-0.2, 0) is 7.05 Å². The lowest BCUT2D eigenvalue weighted by Gasteiger charge is -2.17. The van der Waals surface area contributed by atoms with Crippen LogP contribution in [0, 0.1) is 27.7 Å². The highest BCUT2D eigenvalue weighted by Crippen LogP contribution is 2.42. The Morgan fingerprint density at radius 3 is 2.24 bits per heavy atom. The number of hydrogen-bond acceptors (Lipinski definition) is 0. The van der Waals surface area contributed by atoms with E-state index in [9.17, 15) is 0 Å². The van der Waals surface area contributed by atoms with Crippen LogP contribution in [0.5, 0.6) is 0 Å². The van der Waals surface area contributed by atoms with Crippen molar-refractivity contribution in [1.29, 1.82) is 0 Å². The molecule has 0 amide bonds. The minimum Gasteiger partial charge on any atom is -0.200 e. The molecule has 0 aliphatic rings. The van der Waals surface area contributed by atoms with E-state index in [4.69, 9.17) is 0 Å². The number of aromatic nitrogens is 1. The van der Waals surface area contributed by atoms with Gasteiger partial charge >= 0.3 is 0 Å². The van der Waals surface area contributed by atoms with Crippen LogP contribution < -0.4 is 4.57 Å². The number of aryl methyl sites for hydroxylation is 5. The zero-order valence-electron chi connectivity index (χ0n) is 15.5. The second kappa shape index (κ2) is 4.70.